The zero-order valence-corrected chi connectivity index (χ0v) is 20.0. The number of hydrogen-bond acceptors (Lipinski definition) is 10. The minimum absolute atomic E-state index is 0.00183. The van der Waals surface area contributed by atoms with Crippen LogP contribution in [0.1, 0.15) is 64.3 Å². The Morgan fingerprint density at radius 3 is 2.94 bits per heavy atom. The van der Waals surface area contributed by atoms with Crippen LogP contribution in [0.4, 0.5) is 10.2 Å². The van der Waals surface area contributed by atoms with Crippen LogP contribution in [0.15, 0.2) is 23.4 Å². The summed E-state index contributed by atoms with van der Waals surface area (Å²) in [6.07, 6.45) is -15.7. The molecule has 0 spiro atoms. The smallest absolute Gasteiger partial charge is 0.191 e. The molecule has 0 unspecified atom stereocenters. The van der Waals surface area contributed by atoms with Gasteiger partial charge in [-0.3, -0.25) is 0 Å². The highest BCUT2D eigenvalue weighted by Crippen LogP contribution is 2.44. The third-order valence-corrected chi connectivity index (χ3v) is 6.61. The first kappa shape index (κ1) is 15.1. The highest BCUT2D eigenvalue weighted by Gasteiger charge is 2.45. The van der Waals surface area contributed by atoms with E-state index in [0.29, 0.717) is 23.3 Å². The van der Waals surface area contributed by atoms with Gasteiger partial charge >= 0.3 is 0 Å². The third-order valence-electron chi connectivity index (χ3n) is 5.56. The Morgan fingerprint density at radius 2 is 2.19 bits per heavy atom. The van der Waals surface area contributed by atoms with E-state index < -0.39 is 67.1 Å². The van der Waals surface area contributed by atoms with Crippen molar-refractivity contribution in [3.63, 3.8) is 0 Å². The van der Waals surface area contributed by atoms with E-state index >= 15 is 0 Å². The molecule has 0 bridgehead atoms. The molecule has 2 heterocycles. The van der Waals surface area contributed by atoms with Gasteiger partial charge in [0.05, 0.1) is 36.2 Å². The summed E-state index contributed by atoms with van der Waals surface area (Å²) in [6.45, 7) is -4.52. The molecule has 0 saturated heterocycles. The van der Waals surface area contributed by atoms with Crippen molar-refractivity contribution in [3.8, 4) is 0 Å². The fourth-order valence-electron chi connectivity index (χ4n) is 3.63. The van der Waals surface area contributed by atoms with Crippen molar-refractivity contribution in [2.45, 2.75) is 74.4 Å². The second-order valence-electron chi connectivity index (χ2n) is 8.08. The van der Waals surface area contributed by atoms with Crippen molar-refractivity contribution in [3.05, 3.63) is 35.1 Å². The molecule has 2 saturated carbocycles. The van der Waals surface area contributed by atoms with E-state index in [-0.39, 0.29) is 27.6 Å². The monoisotopic (exact) mass is 529 g/mol. The number of hydrogen-bond donors (Lipinski definition) is 4. The largest absolute Gasteiger partial charge is 0.394 e. The maximum absolute atomic E-state index is 14.3. The number of nitrogens with zero attached hydrogens (tertiary/aromatic N) is 5. The molecule has 4 N–H and O–H groups in total. The fraction of sp³-hybridized carbons (Fsp3) is 0.583. The number of aliphatic hydroxyl groups is 3. The number of anilines is 1. The molecule has 2 aliphatic carbocycles. The Bertz CT molecular complexity index is 1730. The summed E-state index contributed by atoms with van der Waals surface area (Å²) < 4.78 is 110. The Morgan fingerprint density at radius 1 is 1.36 bits per heavy atom. The second-order valence-corrected chi connectivity index (χ2v) is 9.14. The van der Waals surface area contributed by atoms with Gasteiger partial charge in [-0.15, -0.1) is 5.10 Å². The van der Waals surface area contributed by atoms with Gasteiger partial charge in [-0.05, 0) is 37.0 Å². The Kier molecular flexibility index (Phi) is 4.43. The zero-order chi connectivity index (χ0) is 35.4. The van der Waals surface area contributed by atoms with Crippen LogP contribution in [0.2, 0.25) is 0 Å². The first-order valence-corrected chi connectivity index (χ1v) is 12.0. The summed E-state index contributed by atoms with van der Waals surface area (Å²) in [5.41, 5.74) is -0.0477. The molecular weight excluding hydrogens is 487 g/mol. The van der Waals surface area contributed by atoms with Gasteiger partial charge in [0.25, 0.3) is 0 Å². The van der Waals surface area contributed by atoms with Crippen molar-refractivity contribution >= 4 is 28.7 Å². The van der Waals surface area contributed by atoms with E-state index in [9.17, 15) is 19.7 Å². The molecule has 2 aromatic heterocycles. The van der Waals surface area contributed by atoms with E-state index in [4.69, 9.17) is 15.1 Å². The van der Waals surface area contributed by atoms with Crippen LogP contribution >= 0.6 is 11.8 Å². The van der Waals surface area contributed by atoms with Crippen LogP contribution < -0.4 is 5.32 Å². The molecule has 5 rings (SSSR count). The number of benzene rings is 1. The average Bonchev–Trinajstić information content (AvgIpc) is 3.39. The number of ether oxygens (including phenoxy) is 1. The lowest BCUT2D eigenvalue weighted by Gasteiger charge is -2.17. The molecular formula is C24H31FN6O4S. The van der Waals surface area contributed by atoms with E-state index in [2.05, 4.69) is 30.3 Å². The summed E-state index contributed by atoms with van der Waals surface area (Å²) in [7, 11) is 0. The van der Waals surface area contributed by atoms with Gasteiger partial charge in [0.15, 0.2) is 22.1 Å². The van der Waals surface area contributed by atoms with E-state index in [1.54, 1.807) is 19.1 Å². The van der Waals surface area contributed by atoms with Gasteiger partial charge in [-0.2, -0.15) is 0 Å². The fourth-order valence-corrected chi connectivity index (χ4v) is 4.32. The van der Waals surface area contributed by atoms with Crippen molar-refractivity contribution in [2.24, 2.45) is 0 Å². The van der Waals surface area contributed by atoms with Gasteiger partial charge in [0.1, 0.15) is 18.0 Å². The molecule has 36 heavy (non-hydrogen) atoms. The summed E-state index contributed by atoms with van der Waals surface area (Å²) in [6, 6.07) is -0.0384. The quantitative estimate of drug-likeness (QED) is 0.228. The first-order chi connectivity index (χ1) is 21.3. The first-order valence-electron chi connectivity index (χ1n) is 16.5. The highest BCUT2D eigenvalue weighted by molar-refractivity contribution is 7.99. The minimum atomic E-state index is -4.25. The standard InChI is InChI=1S/C24H31FN6O4S/c1-3-8-36-24-27-22(26-16-10-14(16)13-5-4-12(2)15(25)9-13)19-23(28-24)31(30-29-19)17-11-18(35-7-6-32)21(34)20(17)33/h4-5,9,14,16-18,20-21,32-34H,3,6-8,10-11H2,1-2H3,(H,26,27,28)/t14-,16+,17+,18-,20-,21+/m0/s1/i6D2,7D2,11D2,14D,17D,18D,20D,21D. The van der Waals surface area contributed by atoms with Gasteiger partial charge in [0, 0.05) is 28.2 Å². The maximum Gasteiger partial charge on any atom is 0.191 e. The third kappa shape index (κ3) is 4.92. The second kappa shape index (κ2) is 10.5. The Balaban J connectivity index is 1.65. The Hall–Kier alpha value is -2.38. The molecule has 3 aromatic rings. The minimum Gasteiger partial charge on any atom is -0.394 e. The predicted octanol–water partition coefficient (Wildman–Crippen LogP) is 2.18. The van der Waals surface area contributed by atoms with Crippen molar-refractivity contribution < 1.29 is 39.5 Å². The molecule has 0 amide bonds. The highest BCUT2D eigenvalue weighted by atomic mass is 32.2. The van der Waals surface area contributed by atoms with Gasteiger partial charge in [0.2, 0.25) is 0 Å². The molecule has 12 heteroatoms. The van der Waals surface area contributed by atoms with Crippen molar-refractivity contribution in [2.75, 3.05) is 24.2 Å². The SMILES string of the molecule is [2H]C([2H])(O)C([2H])([2H])O[C@@]1([2H])C([2H])([2H])[C@@]([2H])(n2nnc3c(N[C@@H]4C[C@@]4([2H])c4ccc(C)c(F)c4)nc(SCCC)nc32)[C@]([2H])(O)[C@]1([2H])O. The number of thioether (sulfide) groups is 1. The van der Waals surface area contributed by atoms with Crippen LogP contribution in [0, 0.1) is 12.7 Å². The van der Waals surface area contributed by atoms with Crippen LogP contribution in [-0.2, 0) is 4.74 Å². The number of nitrogens with one attached hydrogen (secondary N) is 1. The molecule has 1 aromatic carbocycles. The van der Waals surface area contributed by atoms with E-state index in [1.807, 2.05) is 6.92 Å². The van der Waals surface area contributed by atoms with E-state index in [0.717, 1.165) is 11.8 Å². The van der Waals surface area contributed by atoms with Gasteiger partial charge in [-0.25, -0.2) is 19.0 Å². The van der Waals surface area contributed by atoms with Gasteiger partial charge < -0.3 is 25.4 Å². The number of fused-ring (bicyclic) bond motifs is 1. The molecule has 6 atom stereocenters. The molecule has 0 aliphatic heterocycles. The number of aromatic nitrogens is 5. The normalized spacial score (nSPS) is 44.5. The summed E-state index contributed by atoms with van der Waals surface area (Å²) in [5.74, 6) is -1.40. The van der Waals surface area contributed by atoms with Crippen LogP contribution in [0.5, 0.6) is 0 Å². The summed E-state index contributed by atoms with van der Waals surface area (Å²) >= 11 is 1.10. The lowest BCUT2D eigenvalue weighted by atomic mass is 10.1. The maximum atomic E-state index is 14.3. The average molecular weight is 530 g/mol. The molecule has 2 fully saturated rings. The Labute approximate surface area is 227 Å². The molecule has 194 valence electrons. The number of halogens is 1. The van der Waals surface area contributed by atoms with Crippen molar-refractivity contribution in [1.82, 2.24) is 25.0 Å². The van der Waals surface area contributed by atoms with Crippen molar-refractivity contribution in [1.29, 1.82) is 0 Å². The lowest BCUT2D eigenvalue weighted by Crippen LogP contribution is -2.33. The predicted molar refractivity (Wildman–Crippen MR) is 133 cm³/mol. The lowest BCUT2D eigenvalue weighted by molar-refractivity contribution is -0.0629. The van der Waals surface area contributed by atoms with Crippen LogP contribution in [-0.4, -0.2) is 83.4 Å². The topological polar surface area (TPSA) is 138 Å². The summed E-state index contributed by atoms with van der Waals surface area (Å²) in [4.78, 5) is 8.67. The molecule has 0 radical (unpaired) electrons. The molecule has 2 aliphatic rings. The zero-order valence-electron chi connectivity index (χ0n) is 30.2. The van der Waals surface area contributed by atoms with Gasteiger partial charge in [-0.1, -0.05) is 36.0 Å². The number of rotatable bonds is 10. The number of aryl methyl sites for hydroxylation is 1. The van der Waals surface area contributed by atoms with Crippen LogP contribution in [0.3, 0.4) is 0 Å². The summed E-state index contributed by atoms with van der Waals surface area (Å²) in [5, 5.41) is 42.5. The van der Waals surface area contributed by atoms with Crippen LogP contribution in [0.25, 0.3) is 11.2 Å². The van der Waals surface area contributed by atoms with E-state index in [1.165, 1.54) is 6.07 Å². The molecule has 10 nitrogen and oxygen atoms in total.